The van der Waals surface area contributed by atoms with Gasteiger partial charge in [0.2, 0.25) is 0 Å². The molecule has 65 valence electrons. The number of hydrogen-bond acceptors (Lipinski definition) is 1. The summed E-state index contributed by atoms with van der Waals surface area (Å²) in [5.74, 6) is 0.923. The molecule has 0 unspecified atom stereocenters. The van der Waals surface area contributed by atoms with Gasteiger partial charge in [0.1, 0.15) is 5.75 Å². The van der Waals surface area contributed by atoms with Crippen LogP contribution in [-0.2, 0) is 6.42 Å². The average molecular weight is 228 g/mol. The third-order valence-corrected chi connectivity index (χ3v) is 1.88. The van der Waals surface area contributed by atoms with Gasteiger partial charge >= 0.3 is 0 Å². The number of ether oxygens (including phenoxy) is 1. The largest absolute Gasteiger partial charge is 0.493 e. The Balaban J connectivity index is 2.53. The molecule has 1 rings (SSSR count). The van der Waals surface area contributed by atoms with Crippen molar-refractivity contribution in [1.29, 1.82) is 0 Å². The zero-order valence-electron chi connectivity index (χ0n) is 6.92. The lowest BCUT2D eigenvalue weighted by atomic mass is 10.2. The molecule has 0 aromatic heterocycles. The van der Waals surface area contributed by atoms with Crippen LogP contribution in [0.5, 0.6) is 5.75 Å². The molecule has 1 nitrogen and oxygen atoms in total. The Morgan fingerprint density at radius 1 is 1.25 bits per heavy atom. The third kappa shape index (κ3) is 2.86. The first kappa shape index (κ1) is 9.59. The molecular weight excluding hydrogens is 216 g/mol. The summed E-state index contributed by atoms with van der Waals surface area (Å²) in [5.41, 5.74) is 1.24. The summed E-state index contributed by atoms with van der Waals surface area (Å²) < 4.78 is 5.39. The standard InChI is InChI=1S/C10H12BrO/c1-2-9-3-5-10(6-4-9)12-8-7-11/h3-6H,1-2,7-8H2. The average Bonchev–Trinajstić information content (AvgIpc) is 2.15. The fraction of sp³-hybridized carbons (Fsp3) is 0.300. The SMILES string of the molecule is [CH2]Cc1ccc(OCCBr)cc1. The summed E-state index contributed by atoms with van der Waals surface area (Å²) in [5, 5.41) is 0.865. The van der Waals surface area contributed by atoms with Gasteiger partial charge in [0.15, 0.2) is 0 Å². The summed E-state index contributed by atoms with van der Waals surface area (Å²) in [6.45, 7) is 4.51. The van der Waals surface area contributed by atoms with Crippen LogP contribution < -0.4 is 4.74 Å². The summed E-state index contributed by atoms with van der Waals surface area (Å²) in [4.78, 5) is 0. The molecule has 0 saturated heterocycles. The minimum Gasteiger partial charge on any atom is -0.493 e. The van der Waals surface area contributed by atoms with Crippen molar-refractivity contribution in [2.24, 2.45) is 0 Å². The zero-order chi connectivity index (χ0) is 8.81. The molecule has 1 aromatic rings. The second-order valence-electron chi connectivity index (χ2n) is 2.43. The zero-order valence-corrected chi connectivity index (χ0v) is 8.51. The van der Waals surface area contributed by atoms with Gasteiger partial charge in [-0.2, -0.15) is 0 Å². The van der Waals surface area contributed by atoms with Gasteiger partial charge in [-0.05, 0) is 31.0 Å². The highest BCUT2D eigenvalue weighted by molar-refractivity contribution is 9.09. The molecule has 0 atom stereocenters. The molecular formula is C10H12BrO. The molecule has 1 aromatic carbocycles. The van der Waals surface area contributed by atoms with Crippen molar-refractivity contribution in [2.45, 2.75) is 6.42 Å². The maximum Gasteiger partial charge on any atom is 0.119 e. The first-order valence-electron chi connectivity index (χ1n) is 3.93. The maximum atomic E-state index is 5.39. The van der Waals surface area contributed by atoms with Crippen LogP contribution in [0.15, 0.2) is 24.3 Å². The Morgan fingerprint density at radius 2 is 1.92 bits per heavy atom. The van der Waals surface area contributed by atoms with Crippen molar-refractivity contribution in [1.82, 2.24) is 0 Å². The Labute approximate surface area is 81.9 Å². The van der Waals surface area contributed by atoms with E-state index >= 15 is 0 Å². The first-order chi connectivity index (χ1) is 5.86. The topological polar surface area (TPSA) is 9.23 Å². The lowest BCUT2D eigenvalue weighted by molar-refractivity contribution is 0.345. The minimum absolute atomic E-state index is 0.712. The number of halogens is 1. The minimum atomic E-state index is 0.712. The van der Waals surface area contributed by atoms with Crippen LogP contribution in [0.3, 0.4) is 0 Å². The Bertz CT molecular complexity index is 218. The number of rotatable bonds is 4. The predicted octanol–water partition coefficient (Wildman–Crippen LogP) is 2.84. The Hall–Kier alpha value is -0.500. The van der Waals surface area contributed by atoms with Gasteiger partial charge in [0.05, 0.1) is 6.61 Å². The van der Waals surface area contributed by atoms with Crippen LogP contribution in [0.25, 0.3) is 0 Å². The summed E-state index contributed by atoms with van der Waals surface area (Å²) in [6.07, 6.45) is 0.832. The molecule has 12 heavy (non-hydrogen) atoms. The lowest BCUT2D eigenvalue weighted by Crippen LogP contribution is -1.97. The van der Waals surface area contributed by atoms with Crippen molar-refractivity contribution in [3.05, 3.63) is 36.8 Å². The van der Waals surface area contributed by atoms with Crippen molar-refractivity contribution >= 4 is 15.9 Å². The lowest BCUT2D eigenvalue weighted by Gasteiger charge is -2.03. The van der Waals surface area contributed by atoms with Gasteiger partial charge in [-0.15, -0.1) is 0 Å². The van der Waals surface area contributed by atoms with Crippen molar-refractivity contribution in [3.63, 3.8) is 0 Å². The second kappa shape index (κ2) is 5.20. The van der Waals surface area contributed by atoms with Gasteiger partial charge in [0, 0.05) is 5.33 Å². The highest BCUT2D eigenvalue weighted by atomic mass is 79.9. The van der Waals surface area contributed by atoms with E-state index in [1.165, 1.54) is 5.56 Å². The molecule has 0 aliphatic carbocycles. The molecule has 0 heterocycles. The maximum absolute atomic E-state index is 5.39. The van der Waals surface area contributed by atoms with Crippen LogP contribution in [0.4, 0.5) is 0 Å². The molecule has 0 N–H and O–H groups in total. The van der Waals surface area contributed by atoms with Crippen molar-refractivity contribution < 1.29 is 4.74 Å². The van der Waals surface area contributed by atoms with Crippen LogP contribution in [-0.4, -0.2) is 11.9 Å². The van der Waals surface area contributed by atoms with Gasteiger partial charge in [-0.25, -0.2) is 0 Å². The van der Waals surface area contributed by atoms with E-state index in [-0.39, 0.29) is 0 Å². The molecule has 0 aliphatic rings. The monoisotopic (exact) mass is 227 g/mol. The second-order valence-corrected chi connectivity index (χ2v) is 3.22. The quantitative estimate of drug-likeness (QED) is 0.720. The fourth-order valence-electron chi connectivity index (χ4n) is 0.909. The highest BCUT2D eigenvalue weighted by Gasteiger charge is 1.92. The molecule has 0 saturated carbocycles. The van der Waals surface area contributed by atoms with E-state index in [2.05, 4.69) is 22.9 Å². The van der Waals surface area contributed by atoms with Crippen molar-refractivity contribution in [3.8, 4) is 5.75 Å². The molecule has 1 radical (unpaired) electrons. The number of hydrogen-bond donors (Lipinski definition) is 0. The van der Waals surface area contributed by atoms with Crippen LogP contribution in [0, 0.1) is 6.92 Å². The number of alkyl halides is 1. The highest BCUT2D eigenvalue weighted by Crippen LogP contribution is 2.12. The van der Waals surface area contributed by atoms with Gasteiger partial charge in [-0.3, -0.25) is 0 Å². The molecule has 0 spiro atoms. The Morgan fingerprint density at radius 3 is 2.42 bits per heavy atom. The van der Waals surface area contributed by atoms with E-state index in [1.807, 2.05) is 24.3 Å². The molecule has 2 heteroatoms. The van der Waals surface area contributed by atoms with E-state index in [0.29, 0.717) is 6.61 Å². The van der Waals surface area contributed by atoms with Gasteiger partial charge < -0.3 is 4.74 Å². The fourth-order valence-corrected chi connectivity index (χ4v) is 1.07. The first-order valence-corrected chi connectivity index (χ1v) is 5.06. The molecule has 0 aliphatic heterocycles. The summed E-state index contributed by atoms with van der Waals surface area (Å²) >= 11 is 3.30. The number of benzene rings is 1. The summed E-state index contributed by atoms with van der Waals surface area (Å²) in [6, 6.07) is 8.03. The van der Waals surface area contributed by atoms with Crippen LogP contribution in [0.1, 0.15) is 5.56 Å². The van der Waals surface area contributed by atoms with Gasteiger partial charge in [-0.1, -0.05) is 28.1 Å². The molecule has 0 bridgehead atoms. The van der Waals surface area contributed by atoms with Crippen LogP contribution >= 0.6 is 15.9 Å². The Kier molecular flexibility index (Phi) is 4.15. The van der Waals surface area contributed by atoms with Gasteiger partial charge in [0.25, 0.3) is 0 Å². The van der Waals surface area contributed by atoms with E-state index in [0.717, 1.165) is 17.5 Å². The molecule has 0 amide bonds. The van der Waals surface area contributed by atoms with E-state index in [9.17, 15) is 0 Å². The van der Waals surface area contributed by atoms with Crippen molar-refractivity contribution in [2.75, 3.05) is 11.9 Å². The normalized spacial score (nSPS) is 9.83. The van der Waals surface area contributed by atoms with E-state index in [1.54, 1.807) is 0 Å². The van der Waals surface area contributed by atoms with Crippen LogP contribution in [0.2, 0.25) is 0 Å². The predicted molar refractivity (Wildman–Crippen MR) is 54.8 cm³/mol. The summed E-state index contributed by atoms with van der Waals surface area (Å²) in [7, 11) is 0. The smallest absolute Gasteiger partial charge is 0.119 e. The molecule has 0 fully saturated rings. The third-order valence-electron chi connectivity index (χ3n) is 1.56. The van der Waals surface area contributed by atoms with E-state index < -0.39 is 0 Å². The van der Waals surface area contributed by atoms with E-state index in [4.69, 9.17) is 4.74 Å².